The Hall–Kier alpha value is -4.44. The summed E-state index contributed by atoms with van der Waals surface area (Å²) in [7, 11) is 4.00. The fourth-order valence-electron chi connectivity index (χ4n) is 3.20. The van der Waals surface area contributed by atoms with Crippen molar-refractivity contribution in [2.45, 2.75) is 0 Å². The molecule has 0 saturated heterocycles. The zero-order valence-electron chi connectivity index (χ0n) is 19.0. The minimum absolute atomic E-state index is 0.256. The number of carbonyl (C=O) groups is 1. The molecule has 4 aromatic rings. The predicted octanol–water partition coefficient (Wildman–Crippen LogP) is 3.21. The molecule has 0 fully saturated rings. The van der Waals surface area contributed by atoms with Gasteiger partial charge in [0.1, 0.15) is 18.7 Å². The summed E-state index contributed by atoms with van der Waals surface area (Å²) in [6.07, 6.45) is 2.83. The molecule has 0 aliphatic heterocycles. The second-order valence-electron chi connectivity index (χ2n) is 7.76. The van der Waals surface area contributed by atoms with Crippen LogP contribution in [0.15, 0.2) is 67.5 Å². The van der Waals surface area contributed by atoms with Gasteiger partial charge < -0.3 is 26.0 Å². The summed E-state index contributed by atoms with van der Waals surface area (Å²) in [5.41, 5.74) is 9.35. The zero-order valence-corrected chi connectivity index (χ0v) is 19.0. The number of nitrogens with zero attached hydrogens (tertiary/aromatic N) is 5. The van der Waals surface area contributed by atoms with Gasteiger partial charge in [0.25, 0.3) is 0 Å². The van der Waals surface area contributed by atoms with Crippen molar-refractivity contribution < 1.29 is 9.53 Å². The predicted molar refractivity (Wildman–Crippen MR) is 134 cm³/mol. The van der Waals surface area contributed by atoms with E-state index in [1.807, 2.05) is 56.6 Å². The van der Waals surface area contributed by atoms with E-state index in [1.165, 1.54) is 6.08 Å². The highest BCUT2D eigenvalue weighted by molar-refractivity contribution is 5.99. The number of nitrogens with two attached hydrogens (primary N) is 1. The Labute approximate surface area is 197 Å². The molecule has 2 heterocycles. The normalized spacial score (nSPS) is 10.9. The minimum atomic E-state index is -0.292. The lowest BCUT2D eigenvalue weighted by Crippen LogP contribution is -2.19. The maximum Gasteiger partial charge on any atom is 0.247 e. The molecule has 0 aliphatic carbocycles. The number of nitrogen functional groups attached to an aromatic ring is 1. The van der Waals surface area contributed by atoms with E-state index in [-0.39, 0.29) is 11.7 Å². The third-order valence-corrected chi connectivity index (χ3v) is 4.92. The lowest BCUT2D eigenvalue weighted by Gasteiger charge is -2.12. The van der Waals surface area contributed by atoms with Gasteiger partial charge in [0.2, 0.25) is 11.9 Å². The number of anilines is 4. The Balaban J connectivity index is 1.57. The summed E-state index contributed by atoms with van der Waals surface area (Å²) in [6, 6.07) is 14.8. The summed E-state index contributed by atoms with van der Waals surface area (Å²) in [5, 5.41) is 5.92. The molecule has 4 rings (SSSR count). The van der Waals surface area contributed by atoms with Gasteiger partial charge in [0.05, 0.1) is 5.69 Å². The molecule has 10 heteroatoms. The van der Waals surface area contributed by atoms with Crippen LogP contribution in [0.25, 0.3) is 16.9 Å². The molecule has 34 heavy (non-hydrogen) atoms. The Bertz CT molecular complexity index is 1310. The first-order chi connectivity index (χ1) is 16.4. The Morgan fingerprint density at radius 3 is 2.71 bits per heavy atom. The molecule has 0 spiro atoms. The molecule has 10 nitrogen and oxygen atoms in total. The van der Waals surface area contributed by atoms with Crippen LogP contribution >= 0.6 is 0 Å². The van der Waals surface area contributed by atoms with Gasteiger partial charge in [-0.15, -0.1) is 0 Å². The summed E-state index contributed by atoms with van der Waals surface area (Å²) in [4.78, 5) is 27.0. The molecule has 0 unspecified atom stereocenters. The summed E-state index contributed by atoms with van der Waals surface area (Å²) >= 11 is 0. The zero-order chi connectivity index (χ0) is 24.1. The van der Waals surface area contributed by atoms with Crippen molar-refractivity contribution in [3.63, 3.8) is 0 Å². The van der Waals surface area contributed by atoms with Crippen molar-refractivity contribution >= 4 is 40.2 Å². The average Bonchev–Trinajstić information content (AvgIpc) is 3.25. The first kappa shape index (κ1) is 22.7. The fraction of sp³-hybridized carbons (Fsp3) is 0.167. The molecule has 0 atom stereocenters. The van der Waals surface area contributed by atoms with Crippen LogP contribution in [0, 0.1) is 0 Å². The van der Waals surface area contributed by atoms with Crippen LogP contribution in [0.4, 0.5) is 23.1 Å². The number of amides is 1. The third-order valence-electron chi connectivity index (χ3n) is 4.92. The van der Waals surface area contributed by atoms with Crippen LogP contribution in [0.5, 0.6) is 5.75 Å². The minimum Gasteiger partial charge on any atom is -0.492 e. The number of ether oxygens (including phenoxy) is 1. The molecular formula is C24H26N8O2. The highest BCUT2D eigenvalue weighted by Crippen LogP contribution is 2.25. The van der Waals surface area contributed by atoms with Crippen LogP contribution in [0.1, 0.15) is 0 Å². The van der Waals surface area contributed by atoms with Crippen LogP contribution in [0.3, 0.4) is 0 Å². The molecule has 2 aromatic heterocycles. The van der Waals surface area contributed by atoms with E-state index < -0.39 is 0 Å². The van der Waals surface area contributed by atoms with Crippen molar-refractivity contribution in [3.8, 4) is 11.4 Å². The first-order valence-electron chi connectivity index (χ1n) is 10.6. The number of rotatable bonds is 9. The SMILES string of the molecule is C=CC(=O)Nc1cccc(-n2cnc3c(N)nc(Nc4ccc(OCCN(C)C)cc4)nc32)c1. The van der Waals surface area contributed by atoms with Gasteiger partial charge in [-0.25, -0.2) is 4.98 Å². The highest BCUT2D eigenvalue weighted by atomic mass is 16.5. The lowest BCUT2D eigenvalue weighted by atomic mass is 10.2. The maximum absolute atomic E-state index is 11.7. The molecule has 4 N–H and O–H groups in total. The van der Waals surface area contributed by atoms with Crippen molar-refractivity contribution in [2.75, 3.05) is 43.6 Å². The topological polar surface area (TPSA) is 123 Å². The molecule has 0 bridgehead atoms. The number of aromatic nitrogens is 4. The van der Waals surface area contributed by atoms with E-state index >= 15 is 0 Å². The molecule has 0 aliphatic rings. The van der Waals surface area contributed by atoms with Crippen molar-refractivity contribution in [2.24, 2.45) is 0 Å². The second-order valence-corrected chi connectivity index (χ2v) is 7.76. The van der Waals surface area contributed by atoms with E-state index in [0.29, 0.717) is 29.4 Å². The number of hydrogen-bond acceptors (Lipinski definition) is 8. The van der Waals surface area contributed by atoms with Crippen molar-refractivity contribution in [1.82, 2.24) is 24.4 Å². The summed E-state index contributed by atoms with van der Waals surface area (Å²) < 4.78 is 7.51. The Kier molecular flexibility index (Phi) is 6.69. The lowest BCUT2D eigenvalue weighted by molar-refractivity contribution is -0.111. The van der Waals surface area contributed by atoms with Gasteiger partial charge >= 0.3 is 0 Å². The molecule has 0 saturated carbocycles. The van der Waals surface area contributed by atoms with Gasteiger partial charge in [-0.3, -0.25) is 9.36 Å². The quantitative estimate of drug-likeness (QED) is 0.327. The number of benzene rings is 2. The smallest absolute Gasteiger partial charge is 0.247 e. The van der Waals surface area contributed by atoms with E-state index in [4.69, 9.17) is 10.5 Å². The van der Waals surface area contributed by atoms with Gasteiger partial charge in [-0.05, 0) is 62.6 Å². The third kappa shape index (κ3) is 5.30. The Morgan fingerprint density at radius 2 is 1.97 bits per heavy atom. The van der Waals surface area contributed by atoms with Crippen LogP contribution in [-0.4, -0.2) is 57.6 Å². The van der Waals surface area contributed by atoms with E-state index in [1.54, 1.807) is 17.0 Å². The van der Waals surface area contributed by atoms with Crippen LogP contribution in [-0.2, 0) is 4.79 Å². The number of carbonyl (C=O) groups excluding carboxylic acids is 1. The standard InChI is InChI=1S/C24H26N8O2/c1-4-20(33)27-17-6-5-7-18(14-17)32-15-26-21-22(25)29-24(30-23(21)32)28-16-8-10-19(11-9-16)34-13-12-31(2)3/h4-11,14-15H,1,12-13H2,2-3H3,(H,27,33)(H3,25,28,29,30). The highest BCUT2D eigenvalue weighted by Gasteiger charge is 2.13. The summed E-state index contributed by atoms with van der Waals surface area (Å²) in [6.45, 7) is 4.92. The fourth-order valence-corrected chi connectivity index (χ4v) is 3.20. The Morgan fingerprint density at radius 1 is 1.18 bits per heavy atom. The first-order valence-corrected chi connectivity index (χ1v) is 10.6. The second kappa shape index (κ2) is 10.0. The van der Waals surface area contributed by atoms with Crippen molar-refractivity contribution in [3.05, 3.63) is 67.5 Å². The molecule has 0 radical (unpaired) electrons. The van der Waals surface area contributed by atoms with Crippen LogP contribution < -0.4 is 21.1 Å². The summed E-state index contributed by atoms with van der Waals surface area (Å²) in [5.74, 6) is 1.08. The van der Waals surface area contributed by atoms with Gasteiger partial charge in [0, 0.05) is 17.9 Å². The van der Waals surface area contributed by atoms with Crippen LogP contribution in [0.2, 0.25) is 0 Å². The molecule has 2 aromatic carbocycles. The number of imidazole rings is 1. The number of hydrogen-bond donors (Lipinski definition) is 3. The van der Waals surface area contributed by atoms with E-state index in [9.17, 15) is 4.79 Å². The molecule has 174 valence electrons. The largest absolute Gasteiger partial charge is 0.492 e. The van der Waals surface area contributed by atoms with Gasteiger partial charge in [-0.2, -0.15) is 9.97 Å². The van der Waals surface area contributed by atoms with E-state index in [0.717, 1.165) is 23.7 Å². The number of likely N-dealkylation sites (N-methyl/N-ethyl adjacent to an activating group) is 1. The average molecular weight is 459 g/mol. The van der Waals surface area contributed by atoms with Crippen molar-refractivity contribution in [1.29, 1.82) is 0 Å². The monoisotopic (exact) mass is 458 g/mol. The maximum atomic E-state index is 11.7. The van der Waals surface area contributed by atoms with E-state index in [2.05, 4.69) is 37.1 Å². The number of fused-ring (bicyclic) bond motifs is 1. The number of nitrogens with one attached hydrogen (secondary N) is 2. The molecule has 1 amide bonds. The molecular weight excluding hydrogens is 432 g/mol. The van der Waals surface area contributed by atoms with Gasteiger partial charge in [-0.1, -0.05) is 12.6 Å². The van der Waals surface area contributed by atoms with Gasteiger partial charge in [0.15, 0.2) is 17.0 Å².